The van der Waals surface area contributed by atoms with Crippen LogP contribution in [0.5, 0.6) is 0 Å². The molecule has 3 rings (SSSR count). The molecule has 1 heterocycles. The van der Waals surface area contributed by atoms with Gasteiger partial charge in [0.1, 0.15) is 0 Å². The molecule has 3 aromatic rings. The number of hydrogen-bond donors (Lipinski definition) is 0. The van der Waals surface area contributed by atoms with E-state index in [2.05, 4.69) is 60.7 Å². The summed E-state index contributed by atoms with van der Waals surface area (Å²) in [5.74, 6) is 0. The van der Waals surface area contributed by atoms with Crippen molar-refractivity contribution in [2.45, 2.75) is 33.2 Å². The first kappa shape index (κ1) is 14.5. The molecule has 0 radical (unpaired) electrons. The summed E-state index contributed by atoms with van der Waals surface area (Å²) in [5, 5.41) is 8.51. The van der Waals surface area contributed by atoms with Crippen molar-refractivity contribution in [1.29, 1.82) is 0 Å². The van der Waals surface area contributed by atoms with Gasteiger partial charge in [-0.25, -0.2) is 4.68 Å². The molecule has 0 spiro atoms. The quantitative estimate of drug-likeness (QED) is 0.717. The lowest BCUT2D eigenvalue weighted by atomic mass is 10.0. The van der Waals surface area contributed by atoms with Crippen molar-refractivity contribution in [2.75, 3.05) is 0 Å². The second-order valence-electron chi connectivity index (χ2n) is 5.89. The highest BCUT2D eigenvalue weighted by Crippen LogP contribution is 2.11. The molecule has 0 unspecified atom stereocenters. The first-order chi connectivity index (χ1) is 10.7. The molecule has 0 aliphatic carbocycles. The Hall–Kier alpha value is -2.42. The molecule has 0 fully saturated rings. The fourth-order valence-corrected chi connectivity index (χ4v) is 2.79. The molecule has 3 nitrogen and oxygen atoms in total. The molecular formula is C19H21N3. The number of nitrogens with zero attached hydrogens (tertiary/aromatic N) is 3. The van der Waals surface area contributed by atoms with Crippen molar-refractivity contribution in [2.24, 2.45) is 0 Å². The predicted octanol–water partition coefficient (Wildman–Crippen LogP) is 3.73. The van der Waals surface area contributed by atoms with Gasteiger partial charge in [-0.1, -0.05) is 64.9 Å². The van der Waals surface area contributed by atoms with Gasteiger partial charge in [-0.2, -0.15) is 0 Å². The average molecular weight is 291 g/mol. The zero-order valence-electron chi connectivity index (χ0n) is 13.2. The lowest BCUT2D eigenvalue weighted by Gasteiger charge is -2.03. The van der Waals surface area contributed by atoms with Gasteiger partial charge < -0.3 is 0 Å². The van der Waals surface area contributed by atoms with E-state index in [1.165, 1.54) is 22.3 Å². The van der Waals surface area contributed by atoms with E-state index in [0.717, 1.165) is 25.1 Å². The van der Waals surface area contributed by atoms with Crippen LogP contribution >= 0.6 is 0 Å². The van der Waals surface area contributed by atoms with E-state index in [1.54, 1.807) is 0 Å². The Kier molecular flexibility index (Phi) is 4.33. The summed E-state index contributed by atoms with van der Waals surface area (Å²) in [5.41, 5.74) is 6.31. The van der Waals surface area contributed by atoms with Crippen LogP contribution in [-0.2, 0) is 19.4 Å². The van der Waals surface area contributed by atoms with E-state index < -0.39 is 0 Å². The van der Waals surface area contributed by atoms with Crippen LogP contribution in [0.25, 0.3) is 0 Å². The van der Waals surface area contributed by atoms with E-state index in [0.29, 0.717) is 0 Å². The highest BCUT2D eigenvalue weighted by molar-refractivity contribution is 5.29. The van der Waals surface area contributed by atoms with E-state index in [9.17, 15) is 0 Å². The molecule has 112 valence electrons. The van der Waals surface area contributed by atoms with Crippen molar-refractivity contribution in [3.63, 3.8) is 0 Å². The Labute approximate surface area is 131 Å². The molecular weight excluding hydrogens is 270 g/mol. The molecule has 2 aromatic carbocycles. The Balaban J connectivity index is 1.62. The lowest BCUT2D eigenvalue weighted by Crippen LogP contribution is -1.99. The first-order valence-corrected chi connectivity index (χ1v) is 7.69. The van der Waals surface area contributed by atoms with Gasteiger partial charge in [0.15, 0.2) is 0 Å². The maximum Gasteiger partial charge on any atom is 0.0830 e. The van der Waals surface area contributed by atoms with Gasteiger partial charge in [0.2, 0.25) is 0 Å². The smallest absolute Gasteiger partial charge is 0.0830 e. The lowest BCUT2D eigenvalue weighted by molar-refractivity contribution is 0.649. The highest BCUT2D eigenvalue weighted by atomic mass is 15.4. The monoisotopic (exact) mass is 291 g/mol. The topological polar surface area (TPSA) is 30.7 Å². The zero-order valence-corrected chi connectivity index (χ0v) is 13.2. The van der Waals surface area contributed by atoms with Crippen molar-refractivity contribution in [3.05, 3.63) is 82.7 Å². The Bertz CT molecular complexity index is 724. The molecule has 0 aliphatic heterocycles. The van der Waals surface area contributed by atoms with Crippen molar-refractivity contribution in [3.8, 4) is 0 Å². The van der Waals surface area contributed by atoms with E-state index >= 15 is 0 Å². The molecule has 0 N–H and O–H groups in total. The number of hydrogen-bond acceptors (Lipinski definition) is 2. The Morgan fingerprint density at radius 2 is 1.59 bits per heavy atom. The highest BCUT2D eigenvalue weighted by Gasteiger charge is 2.03. The molecule has 22 heavy (non-hydrogen) atoms. The van der Waals surface area contributed by atoms with Gasteiger partial charge in [0.05, 0.1) is 12.2 Å². The molecule has 0 atom stereocenters. The largest absolute Gasteiger partial charge is 0.248 e. The van der Waals surface area contributed by atoms with Crippen LogP contribution in [0.4, 0.5) is 0 Å². The van der Waals surface area contributed by atoms with E-state index in [1.807, 2.05) is 22.9 Å². The second kappa shape index (κ2) is 6.56. The van der Waals surface area contributed by atoms with Crippen LogP contribution in [0, 0.1) is 13.8 Å². The fourth-order valence-electron chi connectivity index (χ4n) is 2.79. The van der Waals surface area contributed by atoms with Crippen LogP contribution in [0.2, 0.25) is 0 Å². The Morgan fingerprint density at radius 3 is 2.32 bits per heavy atom. The van der Waals surface area contributed by atoms with E-state index in [-0.39, 0.29) is 0 Å². The van der Waals surface area contributed by atoms with Gasteiger partial charge in [0, 0.05) is 6.20 Å². The molecule has 0 bridgehead atoms. The Morgan fingerprint density at radius 1 is 0.864 bits per heavy atom. The normalized spacial score (nSPS) is 10.8. The van der Waals surface area contributed by atoms with Crippen molar-refractivity contribution < 1.29 is 0 Å². The SMILES string of the molecule is Cc1cc(C)cc(CCc2cn(Cc3ccccc3)nn2)c1. The summed E-state index contributed by atoms with van der Waals surface area (Å²) in [6, 6.07) is 17.1. The van der Waals surface area contributed by atoms with Gasteiger partial charge in [0.25, 0.3) is 0 Å². The van der Waals surface area contributed by atoms with E-state index in [4.69, 9.17) is 0 Å². The summed E-state index contributed by atoms with van der Waals surface area (Å²) in [7, 11) is 0. The van der Waals surface area contributed by atoms with Gasteiger partial charge in [-0.15, -0.1) is 5.10 Å². The minimum Gasteiger partial charge on any atom is -0.248 e. The summed E-state index contributed by atoms with van der Waals surface area (Å²) in [4.78, 5) is 0. The third-order valence-corrected chi connectivity index (χ3v) is 3.72. The number of benzene rings is 2. The minimum absolute atomic E-state index is 0.775. The predicted molar refractivity (Wildman–Crippen MR) is 88.9 cm³/mol. The maximum absolute atomic E-state index is 4.29. The molecule has 0 aliphatic rings. The van der Waals surface area contributed by atoms with Gasteiger partial charge >= 0.3 is 0 Å². The molecule has 0 saturated carbocycles. The molecule has 3 heteroatoms. The number of rotatable bonds is 5. The number of aromatic nitrogens is 3. The molecule has 1 aromatic heterocycles. The van der Waals surface area contributed by atoms with Crippen LogP contribution in [0.15, 0.2) is 54.7 Å². The van der Waals surface area contributed by atoms with Gasteiger partial charge in [-0.05, 0) is 37.8 Å². The van der Waals surface area contributed by atoms with Crippen molar-refractivity contribution in [1.82, 2.24) is 15.0 Å². The standard InChI is InChI=1S/C19H21N3/c1-15-10-16(2)12-18(11-15)8-9-19-14-22(21-20-19)13-17-6-4-3-5-7-17/h3-7,10-12,14H,8-9,13H2,1-2H3. The molecule has 0 saturated heterocycles. The summed E-state index contributed by atoms with van der Waals surface area (Å²) < 4.78 is 1.91. The fraction of sp³-hybridized carbons (Fsp3) is 0.263. The summed E-state index contributed by atoms with van der Waals surface area (Å²) in [6.45, 7) is 5.07. The number of aryl methyl sites for hydroxylation is 4. The first-order valence-electron chi connectivity index (χ1n) is 7.69. The molecule has 0 amide bonds. The minimum atomic E-state index is 0.775. The third-order valence-electron chi connectivity index (χ3n) is 3.72. The average Bonchev–Trinajstić information content (AvgIpc) is 2.93. The van der Waals surface area contributed by atoms with Gasteiger partial charge in [-0.3, -0.25) is 0 Å². The summed E-state index contributed by atoms with van der Waals surface area (Å²) >= 11 is 0. The van der Waals surface area contributed by atoms with Crippen LogP contribution in [0.1, 0.15) is 27.9 Å². The van der Waals surface area contributed by atoms with Crippen LogP contribution in [0.3, 0.4) is 0 Å². The second-order valence-corrected chi connectivity index (χ2v) is 5.89. The van der Waals surface area contributed by atoms with Crippen LogP contribution < -0.4 is 0 Å². The zero-order chi connectivity index (χ0) is 15.4. The van der Waals surface area contributed by atoms with Crippen LogP contribution in [-0.4, -0.2) is 15.0 Å². The summed E-state index contributed by atoms with van der Waals surface area (Å²) in [6.07, 6.45) is 3.99. The third kappa shape index (κ3) is 3.82. The maximum atomic E-state index is 4.29. The van der Waals surface area contributed by atoms with Crippen molar-refractivity contribution >= 4 is 0 Å².